The second-order valence-corrected chi connectivity index (χ2v) is 11.0. The summed E-state index contributed by atoms with van der Waals surface area (Å²) in [5, 5.41) is 9.57. The van der Waals surface area contributed by atoms with Gasteiger partial charge in [0.05, 0.1) is 17.8 Å². The molecule has 7 heteroatoms. The molecule has 0 aliphatic rings. The summed E-state index contributed by atoms with van der Waals surface area (Å²) in [5.41, 5.74) is 1.97. The van der Waals surface area contributed by atoms with Crippen LogP contribution in [0.2, 0.25) is 0 Å². The first-order valence-electron chi connectivity index (χ1n) is 13.5. The molecule has 41 heavy (non-hydrogen) atoms. The molecule has 0 saturated heterocycles. The minimum Gasteiger partial charge on any atom is -0.457 e. The predicted octanol–water partition coefficient (Wildman–Crippen LogP) is 9.11. The molecule has 0 fully saturated rings. The minimum atomic E-state index is -4.87. The van der Waals surface area contributed by atoms with E-state index in [-0.39, 0.29) is 18.2 Å². The monoisotopic (exact) mass is 558 g/mol. The molecule has 0 N–H and O–H groups in total. The molecule has 0 bridgehead atoms. The van der Waals surface area contributed by atoms with Crippen molar-refractivity contribution in [3.05, 3.63) is 116 Å². The Bertz CT molecular complexity index is 1690. The average Bonchev–Trinajstić information content (AvgIpc) is 2.90. The maximum atomic E-state index is 14.1. The molecule has 4 aromatic rings. The standard InChI is InChI=1S/C34H33F3N2O2/c1-20(2)24-8-7-9-27(15-24)41-32-13-12-25(16-28(32)21(3)4)31-17-30(34(35,36)37)29(18-38)33(40)39(31)19-26-11-10-22(5)14-23(26)6/h7-17,20-21H,19H2,1-6H3. The SMILES string of the molecule is Cc1ccc(Cn2c(-c3ccc(Oc4cccc(C(C)C)c4)c(C(C)C)c3)cc(C(F)(F)F)c(C#N)c2=O)c(C)c1. The molecule has 0 spiro atoms. The molecule has 0 saturated carbocycles. The van der Waals surface area contributed by atoms with Crippen molar-refractivity contribution in [3.63, 3.8) is 0 Å². The zero-order valence-corrected chi connectivity index (χ0v) is 24.1. The number of benzene rings is 3. The topological polar surface area (TPSA) is 55.0 Å². The molecule has 0 atom stereocenters. The Morgan fingerprint density at radius 3 is 2.27 bits per heavy atom. The molecule has 212 valence electrons. The first kappa shape index (κ1) is 29.7. The van der Waals surface area contributed by atoms with Crippen LogP contribution < -0.4 is 10.3 Å². The molecule has 3 aromatic carbocycles. The van der Waals surface area contributed by atoms with Crippen molar-refractivity contribution in [2.45, 2.75) is 66.1 Å². The van der Waals surface area contributed by atoms with E-state index in [2.05, 4.69) is 13.8 Å². The zero-order chi connectivity index (χ0) is 30.1. The number of pyridine rings is 1. The van der Waals surface area contributed by atoms with Gasteiger partial charge in [-0.05, 0) is 89.9 Å². The van der Waals surface area contributed by atoms with Crippen LogP contribution in [-0.2, 0) is 12.7 Å². The van der Waals surface area contributed by atoms with Gasteiger partial charge in [-0.2, -0.15) is 18.4 Å². The third-order valence-corrected chi connectivity index (χ3v) is 7.22. The highest BCUT2D eigenvalue weighted by atomic mass is 19.4. The van der Waals surface area contributed by atoms with Crippen molar-refractivity contribution in [3.8, 4) is 28.8 Å². The van der Waals surface area contributed by atoms with Crippen LogP contribution in [0.4, 0.5) is 13.2 Å². The van der Waals surface area contributed by atoms with Crippen molar-refractivity contribution < 1.29 is 17.9 Å². The van der Waals surface area contributed by atoms with Gasteiger partial charge in [-0.25, -0.2) is 0 Å². The normalized spacial score (nSPS) is 11.7. The average molecular weight is 559 g/mol. The number of ether oxygens (including phenoxy) is 1. The number of aryl methyl sites for hydroxylation is 2. The van der Waals surface area contributed by atoms with Gasteiger partial charge in [0.1, 0.15) is 23.1 Å². The van der Waals surface area contributed by atoms with E-state index in [1.807, 2.05) is 70.2 Å². The van der Waals surface area contributed by atoms with Gasteiger partial charge >= 0.3 is 6.18 Å². The third kappa shape index (κ3) is 6.38. The maximum Gasteiger partial charge on any atom is 0.417 e. The Hall–Kier alpha value is -4.31. The number of nitriles is 1. The van der Waals surface area contributed by atoms with Crippen LogP contribution in [0.15, 0.2) is 71.5 Å². The summed E-state index contributed by atoms with van der Waals surface area (Å²) in [7, 11) is 0. The van der Waals surface area contributed by atoms with Gasteiger partial charge < -0.3 is 9.30 Å². The number of hydrogen-bond acceptors (Lipinski definition) is 3. The van der Waals surface area contributed by atoms with Gasteiger partial charge in [-0.1, -0.05) is 63.6 Å². The van der Waals surface area contributed by atoms with Crippen molar-refractivity contribution in [2.24, 2.45) is 0 Å². The molecular formula is C34H33F3N2O2. The number of alkyl halides is 3. The van der Waals surface area contributed by atoms with E-state index in [1.54, 1.807) is 18.2 Å². The molecular weight excluding hydrogens is 525 g/mol. The van der Waals surface area contributed by atoms with E-state index in [1.165, 1.54) is 10.6 Å². The van der Waals surface area contributed by atoms with E-state index in [0.717, 1.165) is 33.9 Å². The highest BCUT2D eigenvalue weighted by Gasteiger charge is 2.36. The van der Waals surface area contributed by atoms with E-state index in [0.29, 0.717) is 23.0 Å². The zero-order valence-electron chi connectivity index (χ0n) is 24.1. The van der Waals surface area contributed by atoms with Crippen LogP contribution in [0.25, 0.3) is 11.3 Å². The summed E-state index contributed by atoms with van der Waals surface area (Å²) >= 11 is 0. The van der Waals surface area contributed by atoms with E-state index < -0.39 is 22.9 Å². The molecule has 4 rings (SSSR count). The Balaban J connectivity index is 1.91. The molecule has 0 aliphatic carbocycles. The van der Waals surface area contributed by atoms with Crippen LogP contribution in [0.1, 0.15) is 78.5 Å². The fourth-order valence-corrected chi connectivity index (χ4v) is 4.88. The van der Waals surface area contributed by atoms with E-state index in [9.17, 15) is 23.2 Å². The second kappa shape index (κ2) is 11.7. The van der Waals surface area contributed by atoms with Gasteiger partial charge in [0.2, 0.25) is 0 Å². The number of halogens is 3. The largest absolute Gasteiger partial charge is 0.457 e. The number of nitrogens with zero attached hydrogens (tertiary/aromatic N) is 2. The third-order valence-electron chi connectivity index (χ3n) is 7.22. The van der Waals surface area contributed by atoms with Crippen LogP contribution in [-0.4, -0.2) is 4.57 Å². The van der Waals surface area contributed by atoms with Crippen molar-refractivity contribution in [1.29, 1.82) is 5.26 Å². The fourth-order valence-electron chi connectivity index (χ4n) is 4.88. The molecule has 1 aromatic heterocycles. The lowest BCUT2D eigenvalue weighted by Crippen LogP contribution is -2.29. The summed E-state index contributed by atoms with van der Waals surface area (Å²) in [6.07, 6.45) is -4.87. The molecule has 0 radical (unpaired) electrons. The summed E-state index contributed by atoms with van der Waals surface area (Å²) in [5.74, 6) is 1.53. The lowest BCUT2D eigenvalue weighted by atomic mass is 9.96. The van der Waals surface area contributed by atoms with Crippen LogP contribution in [0.5, 0.6) is 11.5 Å². The molecule has 0 unspecified atom stereocenters. The first-order chi connectivity index (χ1) is 19.3. The fraction of sp³-hybridized carbons (Fsp3) is 0.294. The number of hydrogen-bond donors (Lipinski definition) is 0. The number of rotatable bonds is 7. The van der Waals surface area contributed by atoms with Crippen molar-refractivity contribution in [1.82, 2.24) is 4.57 Å². The highest BCUT2D eigenvalue weighted by Crippen LogP contribution is 2.38. The summed E-state index contributed by atoms with van der Waals surface area (Å²) < 4.78 is 49.7. The summed E-state index contributed by atoms with van der Waals surface area (Å²) in [6.45, 7) is 12.0. The Morgan fingerprint density at radius 1 is 0.927 bits per heavy atom. The smallest absolute Gasteiger partial charge is 0.417 e. The molecule has 0 amide bonds. The summed E-state index contributed by atoms with van der Waals surface area (Å²) in [6, 6.07) is 21.1. The summed E-state index contributed by atoms with van der Waals surface area (Å²) in [4.78, 5) is 13.5. The van der Waals surface area contributed by atoms with Crippen molar-refractivity contribution in [2.75, 3.05) is 0 Å². The van der Waals surface area contributed by atoms with E-state index in [4.69, 9.17) is 4.74 Å². The van der Waals surface area contributed by atoms with Gasteiger partial charge in [0, 0.05) is 0 Å². The quantitative estimate of drug-likeness (QED) is 0.227. The van der Waals surface area contributed by atoms with Crippen LogP contribution >= 0.6 is 0 Å². The Kier molecular flexibility index (Phi) is 8.44. The molecule has 4 nitrogen and oxygen atoms in total. The van der Waals surface area contributed by atoms with Crippen LogP contribution in [0, 0.1) is 25.2 Å². The first-order valence-corrected chi connectivity index (χ1v) is 13.5. The van der Waals surface area contributed by atoms with Gasteiger partial charge in [0.25, 0.3) is 5.56 Å². The number of aromatic nitrogens is 1. The maximum absolute atomic E-state index is 14.1. The van der Waals surface area contributed by atoms with E-state index >= 15 is 0 Å². The van der Waals surface area contributed by atoms with Crippen molar-refractivity contribution >= 4 is 0 Å². The predicted molar refractivity (Wildman–Crippen MR) is 156 cm³/mol. The van der Waals surface area contributed by atoms with Crippen LogP contribution in [0.3, 0.4) is 0 Å². The Labute approximate surface area is 238 Å². The molecule has 1 heterocycles. The Morgan fingerprint density at radius 2 is 1.66 bits per heavy atom. The lowest BCUT2D eigenvalue weighted by molar-refractivity contribution is -0.137. The van der Waals surface area contributed by atoms with Gasteiger partial charge in [-0.15, -0.1) is 0 Å². The second-order valence-electron chi connectivity index (χ2n) is 11.0. The minimum absolute atomic E-state index is 0.0182. The van der Waals surface area contributed by atoms with Gasteiger partial charge in [-0.3, -0.25) is 4.79 Å². The van der Waals surface area contributed by atoms with Gasteiger partial charge in [0.15, 0.2) is 0 Å². The highest BCUT2D eigenvalue weighted by molar-refractivity contribution is 5.66. The molecule has 0 aliphatic heterocycles. The lowest BCUT2D eigenvalue weighted by Gasteiger charge is -2.21.